The van der Waals surface area contributed by atoms with Crippen molar-refractivity contribution in [2.45, 2.75) is 6.92 Å². The average molecular weight is 606 g/mol. The molecule has 42 heavy (non-hydrogen) atoms. The molecule has 0 aliphatic rings. The molecule has 1 heterocycles. The number of nitrogens with two attached hydrogens (primary N) is 2. The second-order valence-corrected chi connectivity index (χ2v) is 9.45. The summed E-state index contributed by atoms with van der Waals surface area (Å²) in [5.41, 5.74) is 14.0. The summed E-state index contributed by atoms with van der Waals surface area (Å²) in [7, 11) is 1.60. The van der Waals surface area contributed by atoms with Crippen LogP contribution in [0, 0.1) is 0 Å². The van der Waals surface area contributed by atoms with Crippen LogP contribution in [0.15, 0.2) is 53.7 Å². The first kappa shape index (κ1) is 34.8. The smallest absolute Gasteiger partial charge is 0.254 e. The third-order valence-electron chi connectivity index (χ3n) is 5.36. The Morgan fingerprint density at radius 1 is 1.02 bits per heavy atom. The number of amides is 1. The lowest BCUT2D eigenvalue weighted by molar-refractivity contribution is -0.00424. The summed E-state index contributed by atoms with van der Waals surface area (Å²) in [5.74, 6) is 0.910. The van der Waals surface area contributed by atoms with Gasteiger partial charge in [-0.3, -0.25) is 14.9 Å². The van der Waals surface area contributed by atoms with Gasteiger partial charge in [0.2, 0.25) is 5.90 Å². The molecule has 1 amide bonds. The largest absolute Gasteiger partial charge is 0.475 e. The van der Waals surface area contributed by atoms with Gasteiger partial charge in [-0.25, -0.2) is 0 Å². The highest BCUT2D eigenvalue weighted by Gasteiger charge is 2.20. The molecule has 0 saturated carbocycles. The number of allylic oxidation sites excluding steroid dienone is 1. The van der Waals surface area contributed by atoms with Gasteiger partial charge >= 0.3 is 0 Å². The highest BCUT2D eigenvalue weighted by molar-refractivity contribution is 8.00. The number of ether oxygens (including phenoxy) is 5. The number of nitrogens with one attached hydrogen (secondary N) is 3. The van der Waals surface area contributed by atoms with Crippen LogP contribution in [0.4, 0.5) is 11.5 Å². The van der Waals surface area contributed by atoms with Crippen molar-refractivity contribution in [3.8, 4) is 11.3 Å². The first-order chi connectivity index (χ1) is 20.5. The molecule has 0 radical (unpaired) electrons. The van der Waals surface area contributed by atoms with Crippen LogP contribution >= 0.6 is 11.9 Å². The number of benzene rings is 1. The van der Waals surface area contributed by atoms with Crippen LogP contribution in [0.1, 0.15) is 17.3 Å². The zero-order chi connectivity index (χ0) is 30.4. The molecule has 14 heteroatoms. The van der Waals surface area contributed by atoms with Crippen LogP contribution in [0.5, 0.6) is 0 Å². The molecule has 1 aromatic heterocycles. The summed E-state index contributed by atoms with van der Waals surface area (Å²) in [6.45, 7) is 10.4. The first-order valence-corrected chi connectivity index (χ1v) is 14.6. The van der Waals surface area contributed by atoms with Crippen molar-refractivity contribution in [3.05, 3.63) is 54.3 Å². The number of hydrogen-bond acceptors (Lipinski definition) is 12. The summed E-state index contributed by atoms with van der Waals surface area (Å²) < 4.78 is 30.5. The Bertz CT molecular complexity index is 1120. The number of rotatable bonds is 23. The van der Waals surface area contributed by atoms with Crippen molar-refractivity contribution in [2.24, 2.45) is 16.5 Å². The van der Waals surface area contributed by atoms with Gasteiger partial charge < -0.3 is 45.2 Å². The van der Waals surface area contributed by atoms with E-state index < -0.39 is 5.91 Å². The molecule has 0 saturated heterocycles. The van der Waals surface area contributed by atoms with Crippen LogP contribution in [-0.2, 0) is 23.7 Å². The molecular weight excluding hydrogens is 562 g/mol. The fraction of sp³-hybridized carbons (Fsp3) is 0.464. The van der Waals surface area contributed by atoms with E-state index in [0.717, 1.165) is 17.0 Å². The maximum Gasteiger partial charge on any atom is 0.254 e. The van der Waals surface area contributed by atoms with E-state index in [9.17, 15) is 4.79 Å². The molecule has 2 aromatic rings. The lowest BCUT2D eigenvalue weighted by Gasteiger charge is -2.10. The Balaban J connectivity index is 1.80. The summed E-state index contributed by atoms with van der Waals surface area (Å²) in [5, 5.41) is 10.3. The summed E-state index contributed by atoms with van der Waals surface area (Å²) in [4.78, 5) is 16.5. The lowest BCUT2D eigenvalue weighted by atomic mass is 10.1. The van der Waals surface area contributed by atoms with Gasteiger partial charge in [0.1, 0.15) is 12.2 Å². The zero-order valence-electron chi connectivity index (χ0n) is 24.4. The molecule has 13 nitrogen and oxygen atoms in total. The Morgan fingerprint density at radius 3 is 2.14 bits per heavy atom. The van der Waals surface area contributed by atoms with Gasteiger partial charge in [0.25, 0.3) is 5.91 Å². The lowest BCUT2D eigenvalue weighted by Crippen LogP contribution is -2.16. The number of carbonyl (C=O) groups is 1. The Morgan fingerprint density at radius 2 is 1.62 bits per heavy atom. The summed E-state index contributed by atoms with van der Waals surface area (Å²) in [6, 6.07) is 7.61. The van der Waals surface area contributed by atoms with Crippen molar-refractivity contribution in [1.29, 1.82) is 0 Å². The molecule has 0 atom stereocenters. The van der Waals surface area contributed by atoms with Gasteiger partial charge in [-0.05, 0) is 18.2 Å². The third-order valence-corrected chi connectivity index (χ3v) is 6.03. The van der Waals surface area contributed by atoms with Gasteiger partial charge in [0.15, 0.2) is 5.82 Å². The van der Waals surface area contributed by atoms with E-state index in [1.165, 1.54) is 0 Å². The predicted molar refractivity (Wildman–Crippen MR) is 168 cm³/mol. The van der Waals surface area contributed by atoms with Crippen LogP contribution < -0.4 is 21.5 Å². The van der Waals surface area contributed by atoms with Crippen molar-refractivity contribution < 1.29 is 28.5 Å². The molecule has 1 aromatic carbocycles. The van der Waals surface area contributed by atoms with E-state index in [1.807, 2.05) is 24.3 Å². The first-order valence-electron chi connectivity index (χ1n) is 13.6. The molecule has 0 spiro atoms. The monoisotopic (exact) mass is 605 g/mol. The van der Waals surface area contributed by atoms with E-state index in [1.54, 1.807) is 31.1 Å². The predicted octanol–water partition coefficient (Wildman–Crippen LogP) is 2.81. The number of aromatic nitrogens is 2. The number of anilines is 2. The van der Waals surface area contributed by atoms with Gasteiger partial charge in [-0.1, -0.05) is 37.6 Å². The van der Waals surface area contributed by atoms with Crippen molar-refractivity contribution >= 4 is 35.3 Å². The Labute approximate surface area is 251 Å². The fourth-order valence-corrected chi connectivity index (χ4v) is 3.83. The van der Waals surface area contributed by atoms with Gasteiger partial charge in [-0.2, -0.15) is 5.10 Å². The maximum atomic E-state index is 12.4. The molecule has 0 aliphatic heterocycles. The van der Waals surface area contributed by atoms with Crippen LogP contribution in [0.2, 0.25) is 0 Å². The number of nitrogens with zero attached hydrogens (tertiary/aromatic N) is 2. The minimum atomic E-state index is -0.629. The molecule has 0 aliphatic carbocycles. The van der Waals surface area contributed by atoms with E-state index in [4.69, 9.17) is 35.2 Å². The standard InChI is InChI=1S/C28H43N7O6S/c1-4-22(20-24(31-3)41-19-18-40-17-16-39-15-14-38-13-12-37-11-10-29)32-28-25(27(30)36)26(33-34-28)21-6-8-23(9-7-21)35-42-5-2/h4,6-9,20,35H,1,5,10-19,29H2,2-3H3,(H2,30,36)(H2,32,33,34)/b22-20+,31-24?. The van der Waals surface area contributed by atoms with Gasteiger partial charge in [0.05, 0.1) is 58.5 Å². The fourth-order valence-electron chi connectivity index (χ4n) is 3.38. The van der Waals surface area contributed by atoms with Crippen molar-refractivity contribution in [2.75, 3.05) is 88.8 Å². The molecule has 0 fully saturated rings. The maximum absolute atomic E-state index is 12.4. The van der Waals surface area contributed by atoms with E-state index in [0.29, 0.717) is 76.7 Å². The minimum Gasteiger partial charge on any atom is -0.475 e. The van der Waals surface area contributed by atoms with Crippen molar-refractivity contribution in [3.63, 3.8) is 0 Å². The number of primary amides is 1. The minimum absolute atomic E-state index is 0.223. The number of carbonyl (C=O) groups excluding carboxylic acids is 1. The summed E-state index contributed by atoms with van der Waals surface area (Å²) in [6.07, 6.45) is 3.20. The van der Waals surface area contributed by atoms with Crippen LogP contribution in [-0.4, -0.2) is 101 Å². The zero-order valence-corrected chi connectivity index (χ0v) is 25.2. The molecular formula is C28H43N7O6S. The highest BCUT2D eigenvalue weighted by atomic mass is 32.2. The Kier molecular flexibility index (Phi) is 17.7. The molecule has 2 rings (SSSR count). The quantitative estimate of drug-likeness (QED) is 0.0413. The van der Waals surface area contributed by atoms with E-state index in [2.05, 4.69) is 38.7 Å². The van der Waals surface area contributed by atoms with E-state index >= 15 is 0 Å². The second-order valence-electron chi connectivity index (χ2n) is 8.38. The van der Waals surface area contributed by atoms with Gasteiger partial charge in [0, 0.05) is 42.4 Å². The average Bonchev–Trinajstić information content (AvgIpc) is 3.43. The SMILES string of the molecule is C=C/C(=C\C(=NC)OCCOCCOCCOCCOCCN)Nc1n[nH]c(-c2ccc(NSCC)cc2)c1C(N)=O. The number of H-pyrrole nitrogens is 1. The van der Waals surface area contributed by atoms with Crippen LogP contribution in [0.3, 0.4) is 0 Å². The van der Waals surface area contributed by atoms with Gasteiger partial charge in [-0.15, -0.1) is 0 Å². The molecule has 0 bridgehead atoms. The molecule has 7 N–H and O–H groups in total. The van der Waals surface area contributed by atoms with Crippen molar-refractivity contribution in [1.82, 2.24) is 10.2 Å². The third kappa shape index (κ3) is 13.1. The second kappa shape index (κ2) is 21.3. The number of aliphatic imine (C=N–C) groups is 1. The highest BCUT2D eigenvalue weighted by Crippen LogP contribution is 2.28. The van der Waals surface area contributed by atoms with Crippen LogP contribution in [0.25, 0.3) is 11.3 Å². The molecule has 232 valence electrons. The molecule has 0 unspecified atom stereocenters. The number of aromatic amines is 1. The van der Waals surface area contributed by atoms with E-state index in [-0.39, 0.29) is 18.0 Å². The topological polar surface area (TPSA) is 180 Å². The Hall–Kier alpha value is -3.40. The number of hydrogen-bond donors (Lipinski definition) is 5. The normalized spacial score (nSPS) is 11.9. The summed E-state index contributed by atoms with van der Waals surface area (Å²) >= 11 is 1.59.